The summed E-state index contributed by atoms with van der Waals surface area (Å²) in [6.45, 7) is 1.34. The van der Waals surface area contributed by atoms with Crippen molar-refractivity contribution in [2.45, 2.75) is 25.3 Å². The van der Waals surface area contributed by atoms with Gasteiger partial charge in [0.05, 0.1) is 6.54 Å². The Kier molecular flexibility index (Phi) is 5.12. The van der Waals surface area contributed by atoms with Crippen LogP contribution in [-0.4, -0.2) is 47.6 Å². The number of carboxylic acids is 1. The summed E-state index contributed by atoms with van der Waals surface area (Å²) in [5.41, 5.74) is 0.632. The van der Waals surface area contributed by atoms with Crippen LogP contribution in [0.2, 0.25) is 0 Å². The highest BCUT2D eigenvalue weighted by Crippen LogP contribution is 2.16. The fourth-order valence-corrected chi connectivity index (χ4v) is 2.58. The van der Waals surface area contributed by atoms with Crippen molar-refractivity contribution in [3.8, 4) is 0 Å². The van der Waals surface area contributed by atoms with Crippen molar-refractivity contribution in [2.75, 3.05) is 19.6 Å². The number of likely N-dealkylation sites (tertiary alicyclic amines) is 1. The second-order valence-corrected chi connectivity index (χ2v) is 5.09. The van der Waals surface area contributed by atoms with E-state index < -0.39 is 5.97 Å². The number of hydrogen-bond donors (Lipinski definition) is 2. The van der Waals surface area contributed by atoms with Gasteiger partial charge in [-0.1, -0.05) is 24.6 Å². The Hall–Kier alpha value is -1.88. The van der Waals surface area contributed by atoms with Crippen LogP contribution in [0.1, 0.15) is 29.6 Å². The first-order valence-corrected chi connectivity index (χ1v) is 6.96. The summed E-state index contributed by atoms with van der Waals surface area (Å²) in [6.07, 6.45) is 3.04. The van der Waals surface area contributed by atoms with Gasteiger partial charge in [0, 0.05) is 18.2 Å². The molecule has 1 atom stereocenters. The molecule has 1 amide bonds. The number of carbonyl (C=O) groups is 2. The second-order valence-electron chi connectivity index (χ2n) is 5.09. The number of carbonyl (C=O) groups excluding carboxylic acids is 1. The molecule has 1 aliphatic rings. The molecule has 2 N–H and O–H groups in total. The summed E-state index contributed by atoms with van der Waals surface area (Å²) in [5, 5.41) is 11.8. The van der Waals surface area contributed by atoms with Crippen molar-refractivity contribution in [3.05, 3.63) is 35.9 Å². The van der Waals surface area contributed by atoms with Gasteiger partial charge in [-0.15, -0.1) is 0 Å². The summed E-state index contributed by atoms with van der Waals surface area (Å²) in [4.78, 5) is 24.8. The van der Waals surface area contributed by atoms with Crippen LogP contribution in [0.25, 0.3) is 0 Å². The molecule has 0 radical (unpaired) electrons. The van der Waals surface area contributed by atoms with Crippen LogP contribution in [0.5, 0.6) is 0 Å². The number of hydrogen-bond acceptors (Lipinski definition) is 3. The molecular formula is C15H20N2O3. The Bertz CT molecular complexity index is 461. The van der Waals surface area contributed by atoms with Gasteiger partial charge in [0.15, 0.2) is 0 Å². The minimum absolute atomic E-state index is 0.0475. The molecule has 0 bridgehead atoms. The molecule has 20 heavy (non-hydrogen) atoms. The highest BCUT2D eigenvalue weighted by molar-refractivity contribution is 5.94. The van der Waals surface area contributed by atoms with Crippen LogP contribution in [0.15, 0.2) is 30.3 Å². The van der Waals surface area contributed by atoms with Gasteiger partial charge in [0.1, 0.15) is 0 Å². The van der Waals surface area contributed by atoms with Crippen LogP contribution < -0.4 is 5.32 Å². The Morgan fingerprint density at radius 3 is 2.70 bits per heavy atom. The molecule has 1 aromatic carbocycles. The lowest BCUT2D eigenvalue weighted by Crippen LogP contribution is -2.48. The van der Waals surface area contributed by atoms with E-state index in [9.17, 15) is 9.59 Å². The lowest BCUT2D eigenvalue weighted by Gasteiger charge is -2.34. The first kappa shape index (κ1) is 14.5. The van der Waals surface area contributed by atoms with Crippen molar-refractivity contribution in [3.63, 3.8) is 0 Å². The lowest BCUT2D eigenvalue weighted by molar-refractivity contribution is -0.139. The molecule has 1 aliphatic heterocycles. The van der Waals surface area contributed by atoms with E-state index in [1.807, 2.05) is 23.1 Å². The molecule has 1 heterocycles. The van der Waals surface area contributed by atoms with E-state index in [1.165, 1.54) is 0 Å². The smallest absolute Gasteiger partial charge is 0.317 e. The number of rotatable bonds is 5. The number of nitrogens with one attached hydrogen (secondary N) is 1. The van der Waals surface area contributed by atoms with Gasteiger partial charge >= 0.3 is 5.97 Å². The van der Waals surface area contributed by atoms with Gasteiger partial charge in [-0.2, -0.15) is 0 Å². The van der Waals surface area contributed by atoms with Crippen molar-refractivity contribution in [1.29, 1.82) is 0 Å². The molecule has 0 aromatic heterocycles. The number of amides is 1. The molecule has 5 nitrogen and oxygen atoms in total. The molecule has 0 aliphatic carbocycles. The third-order valence-corrected chi connectivity index (χ3v) is 3.62. The summed E-state index contributed by atoms with van der Waals surface area (Å²) >= 11 is 0. The summed E-state index contributed by atoms with van der Waals surface area (Å²) in [7, 11) is 0. The van der Waals surface area contributed by atoms with E-state index in [0.29, 0.717) is 12.1 Å². The predicted molar refractivity (Wildman–Crippen MR) is 75.6 cm³/mol. The van der Waals surface area contributed by atoms with E-state index in [4.69, 9.17) is 5.11 Å². The molecule has 108 valence electrons. The van der Waals surface area contributed by atoms with E-state index in [2.05, 4.69) is 5.32 Å². The maximum atomic E-state index is 12.0. The zero-order chi connectivity index (χ0) is 14.4. The fraction of sp³-hybridized carbons (Fsp3) is 0.467. The van der Waals surface area contributed by atoms with Crippen molar-refractivity contribution in [1.82, 2.24) is 10.2 Å². The average molecular weight is 276 g/mol. The van der Waals surface area contributed by atoms with Crippen LogP contribution >= 0.6 is 0 Å². The van der Waals surface area contributed by atoms with Gasteiger partial charge < -0.3 is 10.4 Å². The van der Waals surface area contributed by atoms with Gasteiger partial charge in [-0.25, -0.2) is 0 Å². The van der Waals surface area contributed by atoms with Crippen molar-refractivity contribution in [2.24, 2.45) is 0 Å². The van der Waals surface area contributed by atoms with Crippen LogP contribution in [0.3, 0.4) is 0 Å². The molecule has 0 saturated carbocycles. The van der Waals surface area contributed by atoms with E-state index >= 15 is 0 Å². The maximum Gasteiger partial charge on any atom is 0.317 e. The number of carboxylic acid groups (broad SMARTS) is 1. The number of benzene rings is 1. The monoisotopic (exact) mass is 276 g/mol. The molecule has 1 aromatic rings. The summed E-state index contributed by atoms with van der Waals surface area (Å²) in [5.74, 6) is -0.919. The largest absolute Gasteiger partial charge is 0.480 e. The Balaban J connectivity index is 1.88. The molecule has 1 unspecified atom stereocenters. The Labute approximate surface area is 118 Å². The quantitative estimate of drug-likeness (QED) is 0.852. The molecule has 1 saturated heterocycles. The number of nitrogens with zero attached hydrogens (tertiary/aromatic N) is 1. The molecule has 1 fully saturated rings. The number of piperidine rings is 1. The van der Waals surface area contributed by atoms with Crippen LogP contribution in [0.4, 0.5) is 0 Å². The Morgan fingerprint density at radius 2 is 2.00 bits per heavy atom. The van der Waals surface area contributed by atoms with Gasteiger partial charge in [0.2, 0.25) is 0 Å². The highest BCUT2D eigenvalue weighted by atomic mass is 16.4. The number of aliphatic carboxylic acids is 1. The van der Waals surface area contributed by atoms with Crippen LogP contribution in [-0.2, 0) is 4.79 Å². The summed E-state index contributed by atoms with van der Waals surface area (Å²) < 4.78 is 0. The minimum Gasteiger partial charge on any atom is -0.480 e. The van der Waals surface area contributed by atoms with Crippen molar-refractivity contribution >= 4 is 11.9 Å². The standard InChI is InChI=1S/C15H20N2O3/c18-14(19)11-17-9-5-4-8-13(17)10-16-15(20)12-6-2-1-3-7-12/h1-3,6-7,13H,4-5,8-11H2,(H,16,20)(H,18,19). The zero-order valence-corrected chi connectivity index (χ0v) is 11.4. The maximum absolute atomic E-state index is 12.0. The highest BCUT2D eigenvalue weighted by Gasteiger charge is 2.24. The molecule has 2 rings (SSSR count). The topological polar surface area (TPSA) is 69.6 Å². The predicted octanol–water partition coefficient (Wildman–Crippen LogP) is 1.36. The lowest BCUT2D eigenvalue weighted by atomic mass is 10.0. The van der Waals surface area contributed by atoms with E-state index in [-0.39, 0.29) is 18.5 Å². The second kappa shape index (κ2) is 7.05. The fourth-order valence-electron chi connectivity index (χ4n) is 2.58. The first-order valence-electron chi connectivity index (χ1n) is 6.96. The van der Waals surface area contributed by atoms with Gasteiger partial charge in [-0.05, 0) is 31.5 Å². The Morgan fingerprint density at radius 1 is 1.25 bits per heavy atom. The third-order valence-electron chi connectivity index (χ3n) is 3.62. The first-order chi connectivity index (χ1) is 9.66. The third kappa shape index (κ3) is 4.06. The van der Waals surface area contributed by atoms with E-state index in [1.54, 1.807) is 12.1 Å². The van der Waals surface area contributed by atoms with E-state index in [0.717, 1.165) is 25.8 Å². The summed E-state index contributed by atoms with van der Waals surface area (Å²) in [6, 6.07) is 9.18. The SMILES string of the molecule is O=C(O)CN1CCCCC1CNC(=O)c1ccccc1. The van der Waals surface area contributed by atoms with Gasteiger partial charge in [-0.3, -0.25) is 14.5 Å². The van der Waals surface area contributed by atoms with Gasteiger partial charge in [0.25, 0.3) is 5.91 Å². The van der Waals surface area contributed by atoms with Crippen LogP contribution in [0, 0.1) is 0 Å². The zero-order valence-electron chi connectivity index (χ0n) is 11.4. The molecule has 5 heteroatoms. The minimum atomic E-state index is -0.814. The molecular weight excluding hydrogens is 256 g/mol. The van der Waals surface area contributed by atoms with Crippen molar-refractivity contribution < 1.29 is 14.7 Å². The normalized spacial score (nSPS) is 19.5. The average Bonchev–Trinajstić information content (AvgIpc) is 2.46. The molecule has 0 spiro atoms.